The number of nitrogens with zero attached hydrogens (tertiary/aromatic N) is 3. The van der Waals surface area contributed by atoms with Crippen LogP contribution in [0.15, 0.2) is 51.0 Å². The lowest BCUT2D eigenvalue weighted by molar-refractivity contribution is 0.108. The van der Waals surface area contributed by atoms with Crippen LogP contribution < -0.4 is 5.73 Å². The third kappa shape index (κ3) is 3.99. The Morgan fingerprint density at radius 3 is 2.83 bits per heavy atom. The van der Waals surface area contributed by atoms with Gasteiger partial charge in [0, 0.05) is 23.0 Å². The summed E-state index contributed by atoms with van der Waals surface area (Å²) in [5, 5.41) is 0.424. The minimum atomic E-state index is -0.344. The second-order valence-electron chi connectivity index (χ2n) is 5.46. The molecule has 124 valence electrons. The molecule has 8 heteroatoms. The first kappa shape index (κ1) is 17.4. The first-order valence-electron chi connectivity index (χ1n) is 7.25. The van der Waals surface area contributed by atoms with Crippen LogP contribution in [0.25, 0.3) is 0 Å². The zero-order chi connectivity index (χ0) is 17.2. The highest BCUT2D eigenvalue weighted by molar-refractivity contribution is 9.10. The predicted molar refractivity (Wildman–Crippen MR) is 102 cm³/mol. The molecule has 0 fully saturated rings. The molecule has 24 heavy (non-hydrogen) atoms. The predicted octanol–water partition coefficient (Wildman–Crippen LogP) is 3.84. The lowest BCUT2D eigenvalue weighted by Crippen LogP contribution is -2.28. The molecule has 0 bridgehead atoms. The Morgan fingerprint density at radius 2 is 2.12 bits per heavy atom. The number of hydrogen-bond donors (Lipinski definition) is 1. The van der Waals surface area contributed by atoms with E-state index in [2.05, 4.69) is 37.8 Å². The van der Waals surface area contributed by atoms with Crippen LogP contribution in [0.3, 0.4) is 0 Å². The van der Waals surface area contributed by atoms with E-state index in [1.165, 1.54) is 0 Å². The zero-order valence-corrected chi connectivity index (χ0v) is 16.1. The highest BCUT2D eigenvalue weighted by Gasteiger charge is 2.29. The number of benzene rings is 1. The minimum absolute atomic E-state index is 0.188. The van der Waals surface area contributed by atoms with E-state index < -0.39 is 0 Å². The first-order valence-corrected chi connectivity index (χ1v) is 9.84. The van der Waals surface area contributed by atoms with Crippen molar-refractivity contribution in [3.63, 3.8) is 0 Å². The van der Waals surface area contributed by atoms with E-state index in [0.29, 0.717) is 5.17 Å². The van der Waals surface area contributed by atoms with Crippen LogP contribution in [0.1, 0.15) is 29.5 Å². The SMILES string of the molecule is CC1(c2cccc(SC(=O)c3ncc(Br)cn3)c2)CCSC(N)=N1. The van der Waals surface area contributed by atoms with Gasteiger partial charge in [-0.25, -0.2) is 9.97 Å². The second kappa shape index (κ2) is 7.25. The average molecular weight is 423 g/mol. The number of carbonyl (C=O) groups is 1. The molecule has 0 saturated heterocycles. The molecule has 0 saturated carbocycles. The van der Waals surface area contributed by atoms with Crippen LogP contribution in [0, 0.1) is 0 Å². The Balaban J connectivity index is 1.82. The van der Waals surface area contributed by atoms with Crippen molar-refractivity contribution in [2.75, 3.05) is 5.75 Å². The molecule has 1 unspecified atom stereocenters. The smallest absolute Gasteiger partial charge is 0.261 e. The molecule has 1 aromatic carbocycles. The van der Waals surface area contributed by atoms with Crippen molar-refractivity contribution in [2.24, 2.45) is 10.7 Å². The summed E-state index contributed by atoms with van der Waals surface area (Å²) in [5.41, 5.74) is 6.60. The fourth-order valence-electron chi connectivity index (χ4n) is 2.36. The number of hydrogen-bond acceptors (Lipinski definition) is 7. The van der Waals surface area contributed by atoms with Gasteiger partial charge in [-0.05, 0) is 58.7 Å². The van der Waals surface area contributed by atoms with Crippen molar-refractivity contribution in [2.45, 2.75) is 23.8 Å². The van der Waals surface area contributed by atoms with Gasteiger partial charge in [0.2, 0.25) is 5.82 Å². The van der Waals surface area contributed by atoms with E-state index in [1.807, 2.05) is 24.3 Å². The van der Waals surface area contributed by atoms with Gasteiger partial charge in [0.1, 0.15) is 0 Å². The van der Waals surface area contributed by atoms with Gasteiger partial charge in [-0.15, -0.1) is 0 Å². The Hall–Kier alpha value is -1.38. The molecule has 1 aliphatic heterocycles. The molecule has 1 atom stereocenters. The highest BCUT2D eigenvalue weighted by atomic mass is 79.9. The quantitative estimate of drug-likeness (QED) is 0.756. The molecule has 0 radical (unpaired) electrons. The maximum Gasteiger partial charge on any atom is 0.261 e. The average Bonchev–Trinajstić information content (AvgIpc) is 2.55. The van der Waals surface area contributed by atoms with Gasteiger partial charge in [0.15, 0.2) is 5.17 Å². The molecule has 1 aliphatic rings. The number of aromatic nitrogens is 2. The van der Waals surface area contributed by atoms with Crippen LogP contribution in [0.5, 0.6) is 0 Å². The topological polar surface area (TPSA) is 81.2 Å². The molecule has 5 nitrogen and oxygen atoms in total. The monoisotopic (exact) mass is 422 g/mol. The molecule has 2 N–H and O–H groups in total. The van der Waals surface area contributed by atoms with Crippen LogP contribution in [0.2, 0.25) is 0 Å². The number of halogens is 1. The van der Waals surface area contributed by atoms with Crippen molar-refractivity contribution in [3.8, 4) is 0 Å². The number of aliphatic imine (C=N–C) groups is 1. The number of carbonyl (C=O) groups excluding carboxylic acids is 1. The Labute approximate surface area is 157 Å². The maximum absolute atomic E-state index is 12.3. The lowest BCUT2D eigenvalue weighted by Gasteiger charge is -2.30. The van der Waals surface area contributed by atoms with E-state index >= 15 is 0 Å². The lowest BCUT2D eigenvalue weighted by atomic mass is 9.90. The summed E-state index contributed by atoms with van der Waals surface area (Å²) in [6, 6.07) is 7.86. The fraction of sp³-hybridized carbons (Fsp3) is 0.250. The van der Waals surface area contributed by atoms with Crippen molar-refractivity contribution in [1.29, 1.82) is 0 Å². The molecule has 2 aromatic rings. The van der Waals surface area contributed by atoms with Crippen LogP contribution in [0.4, 0.5) is 0 Å². The van der Waals surface area contributed by atoms with Crippen LogP contribution in [-0.2, 0) is 5.54 Å². The van der Waals surface area contributed by atoms with Crippen LogP contribution in [-0.4, -0.2) is 26.0 Å². The molecule has 0 amide bonds. The van der Waals surface area contributed by atoms with Gasteiger partial charge in [0.05, 0.1) is 10.0 Å². The van der Waals surface area contributed by atoms with Gasteiger partial charge in [-0.1, -0.05) is 23.9 Å². The summed E-state index contributed by atoms with van der Waals surface area (Å²) < 4.78 is 0.740. The van der Waals surface area contributed by atoms with Gasteiger partial charge in [-0.2, -0.15) is 0 Å². The third-order valence-electron chi connectivity index (χ3n) is 3.67. The van der Waals surface area contributed by atoms with E-state index in [9.17, 15) is 4.79 Å². The number of rotatable bonds is 3. The summed E-state index contributed by atoms with van der Waals surface area (Å²) in [6.45, 7) is 2.07. The fourth-order valence-corrected chi connectivity index (χ4v) is 4.28. The Bertz CT molecular complexity index is 797. The normalized spacial score (nSPS) is 20.5. The number of amidine groups is 1. The molecule has 3 rings (SSSR count). The van der Waals surface area contributed by atoms with Crippen molar-refractivity contribution >= 4 is 49.7 Å². The van der Waals surface area contributed by atoms with Crippen LogP contribution >= 0.6 is 39.5 Å². The summed E-state index contributed by atoms with van der Waals surface area (Å²) in [6.07, 6.45) is 4.04. The second-order valence-corrected chi connectivity index (χ2v) is 8.54. The molecule has 2 heterocycles. The first-order chi connectivity index (χ1) is 11.5. The number of nitrogens with two attached hydrogens (primary N) is 1. The van der Waals surface area contributed by atoms with Crippen molar-refractivity contribution < 1.29 is 4.79 Å². The maximum atomic E-state index is 12.3. The molecule has 0 aliphatic carbocycles. The molecular weight excluding hydrogens is 408 g/mol. The van der Waals surface area contributed by atoms with Crippen molar-refractivity contribution in [3.05, 3.63) is 52.5 Å². The van der Waals surface area contributed by atoms with Crippen molar-refractivity contribution in [1.82, 2.24) is 9.97 Å². The van der Waals surface area contributed by atoms with E-state index in [0.717, 1.165) is 38.9 Å². The summed E-state index contributed by atoms with van der Waals surface area (Å²) in [5.74, 6) is 1.13. The number of thioether (sulfide) groups is 2. The van der Waals surface area contributed by atoms with E-state index in [1.54, 1.807) is 24.2 Å². The van der Waals surface area contributed by atoms with Gasteiger partial charge >= 0.3 is 0 Å². The standard InChI is InChI=1S/C16H15BrN4OS2/c1-16(5-6-23-15(18)21-16)10-3-2-4-12(7-10)24-14(22)13-19-8-11(17)9-20-13/h2-4,7-9H,5-6H2,1H3,(H2,18,21). The van der Waals surface area contributed by atoms with Gasteiger partial charge in [-0.3, -0.25) is 9.79 Å². The molecule has 1 aromatic heterocycles. The largest absolute Gasteiger partial charge is 0.379 e. The third-order valence-corrected chi connectivity index (χ3v) is 5.73. The van der Waals surface area contributed by atoms with Gasteiger partial charge < -0.3 is 5.73 Å². The Kier molecular flexibility index (Phi) is 5.27. The van der Waals surface area contributed by atoms with E-state index in [4.69, 9.17) is 5.73 Å². The molecule has 0 spiro atoms. The van der Waals surface area contributed by atoms with Gasteiger partial charge in [0.25, 0.3) is 5.12 Å². The summed E-state index contributed by atoms with van der Waals surface area (Å²) in [7, 11) is 0. The zero-order valence-electron chi connectivity index (χ0n) is 12.9. The summed E-state index contributed by atoms with van der Waals surface area (Å²) in [4.78, 5) is 25.8. The van der Waals surface area contributed by atoms with E-state index in [-0.39, 0.29) is 16.5 Å². The minimum Gasteiger partial charge on any atom is -0.379 e. The summed E-state index contributed by atoms with van der Waals surface area (Å²) >= 11 is 5.95. The molecular formula is C16H15BrN4OS2. The Morgan fingerprint density at radius 1 is 1.38 bits per heavy atom. The highest BCUT2D eigenvalue weighted by Crippen LogP contribution is 2.36.